The van der Waals surface area contributed by atoms with E-state index in [-0.39, 0.29) is 0 Å². The summed E-state index contributed by atoms with van der Waals surface area (Å²) >= 11 is 0. The molecule has 0 unspecified atom stereocenters. The molecule has 2 rings (SSSR count). The molecule has 0 radical (unpaired) electrons. The maximum absolute atomic E-state index is 12.0. The van der Waals surface area contributed by atoms with Crippen LogP contribution in [0, 0.1) is 0 Å². The number of hydrogen-bond acceptors (Lipinski definition) is 3. The predicted molar refractivity (Wildman–Crippen MR) is 86.2 cm³/mol. The Morgan fingerprint density at radius 1 is 1.00 bits per heavy atom. The molecular weight excluding hydrogens is 280 g/mol. The fraction of sp³-hybridized carbons (Fsp3) is 0.176. The van der Waals surface area contributed by atoms with Gasteiger partial charge in [-0.15, -0.1) is 0 Å². The molecule has 2 aromatic rings. The van der Waals surface area contributed by atoms with Crippen LogP contribution in [0.5, 0.6) is 0 Å². The molecule has 0 atom stereocenters. The van der Waals surface area contributed by atoms with Crippen LogP contribution in [0.25, 0.3) is 0 Å². The van der Waals surface area contributed by atoms with Crippen LogP contribution < -0.4 is 10.6 Å². The van der Waals surface area contributed by atoms with Gasteiger partial charge in [0.2, 0.25) is 0 Å². The van der Waals surface area contributed by atoms with Crippen LogP contribution in [0.1, 0.15) is 22.8 Å². The lowest BCUT2D eigenvalue weighted by Gasteiger charge is -2.11. The van der Waals surface area contributed by atoms with Gasteiger partial charge >= 0.3 is 12.0 Å². The highest BCUT2D eigenvalue weighted by Gasteiger charge is 2.13. The average Bonchev–Trinajstić information content (AvgIpc) is 2.55. The van der Waals surface area contributed by atoms with Crippen molar-refractivity contribution in [3.63, 3.8) is 0 Å². The molecule has 0 aliphatic rings. The van der Waals surface area contributed by atoms with Crippen LogP contribution in [0.3, 0.4) is 0 Å². The van der Waals surface area contributed by atoms with Crippen LogP contribution >= 0.6 is 0 Å². The van der Waals surface area contributed by atoms with Crippen molar-refractivity contribution in [2.45, 2.75) is 13.3 Å². The van der Waals surface area contributed by atoms with E-state index in [9.17, 15) is 9.59 Å². The first kappa shape index (κ1) is 15.6. The zero-order valence-electron chi connectivity index (χ0n) is 12.6. The molecule has 0 aliphatic heterocycles. The molecule has 2 N–H and O–H groups in total. The number of carbonyl (C=O) groups excluding carboxylic acids is 2. The molecule has 0 saturated heterocycles. The van der Waals surface area contributed by atoms with Crippen LogP contribution in [-0.4, -0.2) is 19.1 Å². The molecule has 0 heterocycles. The summed E-state index contributed by atoms with van der Waals surface area (Å²) < 4.78 is 4.69. The van der Waals surface area contributed by atoms with Gasteiger partial charge in [0.1, 0.15) is 0 Å². The van der Waals surface area contributed by atoms with E-state index < -0.39 is 12.0 Å². The lowest BCUT2D eigenvalue weighted by molar-refractivity contribution is 0.0602. The summed E-state index contributed by atoms with van der Waals surface area (Å²) in [5.74, 6) is -0.497. The largest absolute Gasteiger partial charge is 0.465 e. The molecule has 5 nitrogen and oxygen atoms in total. The van der Waals surface area contributed by atoms with Crippen LogP contribution in [0.4, 0.5) is 16.2 Å². The number of aryl methyl sites for hydroxylation is 1. The van der Waals surface area contributed by atoms with E-state index in [1.54, 1.807) is 24.3 Å². The number of ether oxygens (including phenoxy) is 1. The molecule has 0 spiro atoms. The number of rotatable bonds is 4. The molecule has 0 aliphatic carbocycles. The Bertz CT molecular complexity index is 666. The third-order valence-corrected chi connectivity index (χ3v) is 3.20. The van der Waals surface area contributed by atoms with Gasteiger partial charge in [-0.1, -0.05) is 31.2 Å². The summed E-state index contributed by atoms with van der Waals surface area (Å²) in [6.45, 7) is 2.07. The first-order valence-corrected chi connectivity index (χ1v) is 6.98. The number of amides is 2. The lowest BCUT2D eigenvalue weighted by Crippen LogP contribution is -2.21. The number of methoxy groups -OCH3 is 1. The van der Waals surface area contributed by atoms with E-state index in [1.807, 2.05) is 24.3 Å². The summed E-state index contributed by atoms with van der Waals surface area (Å²) in [5, 5.41) is 5.38. The molecule has 22 heavy (non-hydrogen) atoms. The zero-order chi connectivity index (χ0) is 15.9. The number of para-hydroxylation sites is 1. The minimum absolute atomic E-state index is 0.307. The molecule has 5 heteroatoms. The lowest BCUT2D eigenvalue weighted by atomic mass is 10.1. The van der Waals surface area contributed by atoms with E-state index >= 15 is 0 Å². The fourth-order valence-electron chi connectivity index (χ4n) is 1.99. The predicted octanol–water partition coefficient (Wildman–Crippen LogP) is 3.68. The molecule has 0 saturated carbocycles. The van der Waals surface area contributed by atoms with Gasteiger partial charge in [-0.25, -0.2) is 9.59 Å². The first-order chi connectivity index (χ1) is 10.6. The molecule has 2 amide bonds. The number of nitrogens with one attached hydrogen (secondary N) is 2. The van der Waals surface area contributed by atoms with Crippen molar-refractivity contribution in [2.24, 2.45) is 0 Å². The van der Waals surface area contributed by atoms with Gasteiger partial charge in [0, 0.05) is 5.69 Å². The van der Waals surface area contributed by atoms with Crippen molar-refractivity contribution in [1.82, 2.24) is 0 Å². The second kappa shape index (κ2) is 7.26. The second-order valence-corrected chi connectivity index (χ2v) is 4.67. The molecule has 0 aromatic heterocycles. The number of hydrogen-bond donors (Lipinski definition) is 2. The second-order valence-electron chi connectivity index (χ2n) is 4.67. The van der Waals surface area contributed by atoms with Gasteiger partial charge in [0.25, 0.3) is 0 Å². The van der Waals surface area contributed by atoms with Crippen molar-refractivity contribution < 1.29 is 14.3 Å². The van der Waals surface area contributed by atoms with Crippen LogP contribution in [-0.2, 0) is 11.2 Å². The van der Waals surface area contributed by atoms with Crippen LogP contribution in [0.15, 0.2) is 48.5 Å². The highest BCUT2D eigenvalue weighted by atomic mass is 16.5. The standard InChI is InChI=1S/C17H18N2O3/c1-3-12-8-10-13(11-9-12)18-17(21)19-15-7-5-4-6-14(15)16(20)22-2/h4-11H,3H2,1-2H3,(H2,18,19,21). The molecule has 0 fully saturated rings. The first-order valence-electron chi connectivity index (χ1n) is 6.98. The van der Waals surface area contributed by atoms with Crippen molar-refractivity contribution in [1.29, 1.82) is 0 Å². The molecule has 114 valence electrons. The van der Waals surface area contributed by atoms with E-state index in [2.05, 4.69) is 17.6 Å². The van der Waals surface area contributed by atoms with Crippen molar-refractivity contribution in [2.75, 3.05) is 17.7 Å². The zero-order valence-corrected chi connectivity index (χ0v) is 12.6. The number of carbonyl (C=O) groups is 2. The van der Waals surface area contributed by atoms with Crippen molar-refractivity contribution in [3.8, 4) is 0 Å². The third kappa shape index (κ3) is 3.85. The minimum Gasteiger partial charge on any atom is -0.465 e. The van der Waals surface area contributed by atoms with E-state index in [1.165, 1.54) is 12.7 Å². The highest BCUT2D eigenvalue weighted by molar-refractivity contribution is 6.05. The third-order valence-electron chi connectivity index (χ3n) is 3.20. The molecule has 0 bridgehead atoms. The Kier molecular flexibility index (Phi) is 5.14. The summed E-state index contributed by atoms with van der Waals surface area (Å²) in [4.78, 5) is 23.7. The van der Waals surface area contributed by atoms with Gasteiger partial charge in [-0.3, -0.25) is 0 Å². The SMILES string of the molecule is CCc1ccc(NC(=O)Nc2ccccc2C(=O)OC)cc1. The monoisotopic (exact) mass is 298 g/mol. The van der Waals surface area contributed by atoms with Crippen molar-refractivity contribution >= 4 is 23.4 Å². The fourth-order valence-corrected chi connectivity index (χ4v) is 1.99. The summed E-state index contributed by atoms with van der Waals surface area (Å²) in [6.07, 6.45) is 0.943. The van der Waals surface area contributed by atoms with Crippen LogP contribution in [0.2, 0.25) is 0 Å². The van der Waals surface area contributed by atoms with Gasteiger partial charge in [-0.05, 0) is 36.2 Å². The number of urea groups is 1. The maximum atomic E-state index is 12.0. The Labute approximate surface area is 129 Å². The van der Waals surface area contributed by atoms with Gasteiger partial charge in [0.15, 0.2) is 0 Å². The van der Waals surface area contributed by atoms with Gasteiger partial charge in [-0.2, -0.15) is 0 Å². The van der Waals surface area contributed by atoms with Crippen molar-refractivity contribution in [3.05, 3.63) is 59.7 Å². The van der Waals surface area contributed by atoms with E-state index in [4.69, 9.17) is 4.74 Å². The van der Waals surface area contributed by atoms with E-state index in [0.29, 0.717) is 16.9 Å². The number of benzene rings is 2. The summed E-state index contributed by atoms with van der Waals surface area (Å²) in [5.41, 5.74) is 2.59. The number of anilines is 2. The normalized spacial score (nSPS) is 9.91. The summed E-state index contributed by atoms with van der Waals surface area (Å²) in [6, 6.07) is 13.9. The van der Waals surface area contributed by atoms with Gasteiger partial charge in [0.05, 0.1) is 18.4 Å². The van der Waals surface area contributed by atoms with Gasteiger partial charge < -0.3 is 15.4 Å². The molecular formula is C17H18N2O3. The summed E-state index contributed by atoms with van der Waals surface area (Å²) in [7, 11) is 1.30. The quantitative estimate of drug-likeness (QED) is 0.846. The Morgan fingerprint density at radius 2 is 1.68 bits per heavy atom. The maximum Gasteiger partial charge on any atom is 0.339 e. The van der Waals surface area contributed by atoms with E-state index in [0.717, 1.165) is 6.42 Å². The topological polar surface area (TPSA) is 67.4 Å². The molecule has 2 aromatic carbocycles. The Balaban J connectivity index is 2.07. The Morgan fingerprint density at radius 3 is 2.32 bits per heavy atom. The Hall–Kier alpha value is -2.82. The highest BCUT2D eigenvalue weighted by Crippen LogP contribution is 2.17. The minimum atomic E-state index is -0.497. The smallest absolute Gasteiger partial charge is 0.339 e. The number of esters is 1. The average molecular weight is 298 g/mol.